The zero-order valence-electron chi connectivity index (χ0n) is 8.78. The number of nitrogens with zero attached hydrogens (tertiary/aromatic N) is 2. The van der Waals surface area contributed by atoms with E-state index in [4.69, 9.17) is 0 Å². The zero-order valence-corrected chi connectivity index (χ0v) is 8.78. The topological polar surface area (TPSA) is 17.8 Å². The van der Waals surface area contributed by atoms with Crippen LogP contribution < -0.4 is 0 Å². The zero-order chi connectivity index (χ0) is 10.1. The summed E-state index contributed by atoms with van der Waals surface area (Å²) in [5.74, 6) is 0. The molecule has 0 radical (unpaired) electrons. The van der Waals surface area contributed by atoms with Crippen LogP contribution in [0.5, 0.6) is 0 Å². The Morgan fingerprint density at radius 3 is 2.64 bits per heavy atom. The third kappa shape index (κ3) is 1.43. The Balaban J connectivity index is 2.57. The predicted molar refractivity (Wildman–Crippen MR) is 58.1 cm³/mol. The molecule has 0 amide bonds. The molecule has 0 fully saturated rings. The van der Waals surface area contributed by atoms with Gasteiger partial charge in [-0.1, -0.05) is 18.2 Å². The maximum atomic E-state index is 4.18. The van der Waals surface area contributed by atoms with Crippen LogP contribution in [0.25, 0.3) is 11.1 Å². The molecule has 14 heavy (non-hydrogen) atoms. The van der Waals surface area contributed by atoms with E-state index < -0.39 is 0 Å². The molecule has 2 aromatic rings. The van der Waals surface area contributed by atoms with Gasteiger partial charge in [0.15, 0.2) is 0 Å². The molecule has 0 aliphatic heterocycles. The third-order valence-corrected chi connectivity index (χ3v) is 2.62. The van der Waals surface area contributed by atoms with Gasteiger partial charge in [0.1, 0.15) is 0 Å². The van der Waals surface area contributed by atoms with Crippen LogP contribution in [0.2, 0.25) is 0 Å². The SMILES string of the molecule is Cc1cccc(-c2cnn(C)c2)c1C. The molecule has 0 bridgehead atoms. The van der Waals surface area contributed by atoms with Crippen LogP contribution in [-0.2, 0) is 7.05 Å². The molecule has 0 saturated carbocycles. The van der Waals surface area contributed by atoms with Crippen molar-refractivity contribution in [2.24, 2.45) is 7.05 Å². The average Bonchev–Trinajstić information content (AvgIpc) is 2.57. The molecule has 2 heteroatoms. The summed E-state index contributed by atoms with van der Waals surface area (Å²) < 4.78 is 1.83. The smallest absolute Gasteiger partial charge is 0.0568 e. The molecule has 0 aliphatic rings. The van der Waals surface area contributed by atoms with Crippen LogP contribution in [0.1, 0.15) is 11.1 Å². The second-order valence-electron chi connectivity index (χ2n) is 3.65. The fourth-order valence-electron chi connectivity index (χ4n) is 1.62. The van der Waals surface area contributed by atoms with Gasteiger partial charge in [-0.15, -0.1) is 0 Å². The fourth-order valence-corrected chi connectivity index (χ4v) is 1.62. The molecular weight excluding hydrogens is 172 g/mol. The van der Waals surface area contributed by atoms with Crippen LogP contribution >= 0.6 is 0 Å². The number of rotatable bonds is 1. The highest BCUT2D eigenvalue weighted by Gasteiger charge is 2.04. The van der Waals surface area contributed by atoms with Crippen molar-refractivity contribution in [3.05, 3.63) is 41.7 Å². The molecule has 1 aromatic carbocycles. The van der Waals surface area contributed by atoms with Gasteiger partial charge in [-0.3, -0.25) is 4.68 Å². The summed E-state index contributed by atoms with van der Waals surface area (Å²) >= 11 is 0. The Hall–Kier alpha value is -1.57. The van der Waals surface area contributed by atoms with E-state index in [0.717, 1.165) is 0 Å². The van der Waals surface area contributed by atoms with E-state index >= 15 is 0 Å². The van der Waals surface area contributed by atoms with Crippen molar-refractivity contribution in [3.8, 4) is 11.1 Å². The summed E-state index contributed by atoms with van der Waals surface area (Å²) in [7, 11) is 1.94. The normalized spacial score (nSPS) is 10.5. The van der Waals surface area contributed by atoms with Crippen molar-refractivity contribution in [1.29, 1.82) is 0 Å². The summed E-state index contributed by atoms with van der Waals surface area (Å²) in [4.78, 5) is 0. The van der Waals surface area contributed by atoms with Gasteiger partial charge in [0.2, 0.25) is 0 Å². The van der Waals surface area contributed by atoms with Crippen molar-refractivity contribution in [3.63, 3.8) is 0 Å². The highest BCUT2D eigenvalue weighted by molar-refractivity contribution is 5.66. The molecule has 2 rings (SSSR count). The molecule has 0 aliphatic carbocycles. The molecule has 1 aromatic heterocycles. The monoisotopic (exact) mass is 186 g/mol. The molecule has 0 N–H and O–H groups in total. The van der Waals surface area contributed by atoms with Crippen LogP contribution in [0.4, 0.5) is 0 Å². The second kappa shape index (κ2) is 3.29. The number of benzene rings is 1. The Morgan fingerprint density at radius 1 is 1.21 bits per heavy atom. The van der Waals surface area contributed by atoms with Gasteiger partial charge in [0.05, 0.1) is 6.20 Å². The summed E-state index contributed by atoms with van der Waals surface area (Å²) in [5, 5.41) is 4.18. The largest absolute Gasteiger partial charge is 0.275 e. The summed E-state index contributed by atoms with van der Waals surface area (Å²) in [6, 6.07) is 6.36. The summed E-state index contributed by atoms with van der Waals surface area (Å²) in [5.41, 5.74) is 5.12. The minimum Gasteiger partial charge on any atom is -0.275 e. The molecule has 72 valence electrons. The number of hydrogen-bond donors (Lipinski definition) is 0. The van der Waals surface area contributed by atoms with Gasteiger partial charge in [0, 0.05) is 18.8 Å². The van der Waals surface area contributed by atoms with Crippen molar-refractivity contribution in [2.75, 3.05) is 0 Å². The molecule has 0 spiro atoms. The summed E-state index contributed by atoms with van der Waals surface area (Å²) in [6.45, 7) is 4.28. The predicted octanol–water partition coefficient (Wildman–Crippen LogP) is 2.70. The third-order valence-electron chi connectivity index (χ3n) is 2.62. The first kappa shape index (κ1) is 9.00. The number of aromatic nitrogens is 2. The van der Waals surface area contributed by atoms with E-state index in [1.807, 2.05) is 24.1 Å². The van der Waals surface area contributed by atoms with E-state index in [1.165, 1.54) is 22.3 Å². The lowest BCUT2D eigenvalue weighted by molar-refractivity contribution is 0.768. The molecule has 1 heterocycles. The maximum Gasteiger partial charge on any atom is 0.0568 e. The lowest BCUT2D eigenvalue weighted by Crippen LogP contribution is -1.86. The first-order valence-corrected chi connectivity index (χ1v) is 4.73. The van der Waals surface area contributed by atoms with E-state index in [0.29, 0.717) is 0 Å². The summed E-state index contributed by atoms with van der Waals surface area (Å²) in [6.07, 6.45) is 3.95. The van der Waals surface area contributed by atoms with Crippen molar-refractivity contribution in [2.45, 2.75) is 13.8 Å². The highest BCUT2D eigenvalue weighted by Crippen LogP contribution is 2.24. The number of aryl methyl sites for hydroxylation is 2. The van der Waals surface area contributed by atoms with Gasteiger partial charge in [-0.25, -0.2) is 0 Å². The molecule has 2 nitrogen and oxygen atoms in total. The van der Waals surface area contributed by atoms with E-state index in [1.54, 1.807) is 0 Å². The van der Waals surface area contributed by atoms with E-state index in [2.05, 4.69) is 37.1 Å². The van der Waals surface area contributed by atoms with Crippen LogP contribution in [0, 0.1) is 13.8 Å². The fraction of sp³-hybridized carbons (Fsp3) is 0.250. The first-order valence-electron chi connectivity index (χ1n) is 4.73. The van der Waals surface area contributed by atoms with Gasteiger partial charge in [0.25, 0.3) is 0 Å². The van der Waals surface area contributed by atoms with Crippen molar-refractivity contribution >= 4 is 0 Å². The Morgan fingerprint density at radius 2 is 2.00 bits per heavy atom. The lowest BCUT2D eigenvalue weighted by Gasteiger charge is -2.05. The molecular formula is C12H14N2. The molecule has 0 unspecified atom stereocenters. The van der Waals surface area contributed by atoms with Crippen LogP contribution in [-0.4, -0.2) is 9.78 Å². The standard InChI is InChI=1S/C12H14N2/c1-9-5-4-6-12(10(9)2)11-7-13-14(3)8-11/h4-8H,1-3H3. The average molecular weight is 186 g/mol. The minimum atomic E-state index is 1.19. The second-order valence-corrected chi connectivity index (χ2v) is 3.65. The van der Waals surface area contributed by atoms with Gasteiger partial charge in [-0.05, 0) is 30.5 Å². The highest BCUT2D eigenvalue weighted by atomic mass is 15.2. The van der Waals surface area contributed by atoms with E-state index in [9.17, 15) is 0 Å². The van der Waals surface area contributed by atoms with Gasteiger partial charge in [-0.2, -0.15) is 5.10 Å². The van der Waals surface area contributed by atoms with Gasteiger partial charge >= 0.3 is 0 Å². The van der Waals surface area contributed by atoms with Crippen molar-refractivity contribution in [1.82, 2.24) is 9.78 Å². The molecule has 0 atom stereocenters. The van der Waals surface area contributed by atoms with Crippen LogP contribution in [0.15, 0.2) is 30.6 Å². The molecule has 0 saturated heterocycles. The minimum absolute atomic E-state index is 1.19. The van der Waals surface area contributed by atoms with E-state index in [-0.39, 0.29) is 0 Å². The first-order chi connectivity index (χ1) is 6.68. The van der Waals surface area contributed by atoms with Crippen molar-refractivity contribution < 1.29 is 0 Å². The Bertz CT molecular complexity index is 455. The quantitative estimate of drug-likeness (QED) is 0.669. The van der Waals surface area contributed by atoms with Crippen LogP contribution in [0.3, 0.4) is 0 Å². The Kier molecular flexibility index (Phi) is 2.12. The maximum absolute atomic E-state index is 4.18. The number of hydrogen-bond acceptors (Lipinski definition) is 1. The lowest BCUT2D eigenvalue weighted by atomic mass is 10.00. The van der Waals surface area contributed by atoms with Gasteiger partial charge < -0.3 is 0 Å². The Labute approximate surface area is 84.2 Å².